The van der Waals surface area contributed by atoms with E-state index in [1.807, 2.05) is 0 Å². The number of hydrogen-bond acceptors (Lipinski definition) is 6. The molecule has 0 radical (unpaired) electrons. The van der Waals surface area contributed by atoms with Gasteiger partial charge in [-0.2, -0.15) is 0 Å². The Bertz CT molecular complexity index is 1180. The molecule has 0 saturated carbocycles. The number of nitrogens with two attached hydrogens (primary N) is 2. The van der Waals surface area contributed by atoms with Crippen LogP contribution in [0.2, 0.25) is 0 Å². The summed E-state index contributed by atoms with van der Waals surface area (Å²) in [6.07, 6.45) is -0.292. The third-order valence-corrected chi connectivity index (χ3v) is 5.35. The van der Waals surface area contributed by atoms with E-state index in [0.717, 1.165) is 0 Å². The Morgan fingerprint density at radius 1 is 1.03 bits per heavy atom. The summed E-state index contributed by atoms with van der Waals surface area (Å²) in [6, 6.07) is 12.8. The minimum Gasteiger partial charge on any atom is -0.481 e. The number of nitrogens with one attached hydrogen (secondary N) is 2. The van der Waals surface area contributed by atoms with Crippen LogP contribution in [-0.4, -0.2) is 64.6 Å². The van der Waals surface area contributed by atoms with Crippen molar-refractivity contribution < 1.29 is 29.1 Å². The first-order chi connectivity index (χ1) is 18.0. The number of aliphatic imine (C=N–C) groups is 1. The summed E-state index contributed by atoms with van der Waals surface area (Å²) in [5.74, 6) is -3.52. The van der Waals surface area contributed by atoms with Crippen molar-refractivity contribution in [3.63, 3.8) is 0 Å². The number of nitrogens with zero attached hydrogens (tertiary/aromatic N) is 2. The Balaban J connectivity index is 2.34. The van der Waals surface area contributed by atoms with E-state index in [0.29, 0.717) is 23.1 Å². The van der Waals surface area contributed by atoms with E-state index in [1.165, 1.54) is 4.90 Å². The third kappa shape index (κ3) is 9.37. The van der Waals surface area contributed by atoms with Crippen molar-refractivity contribution in [2.75, 3.05) is 6.54 Å². The van der Waals surface area contributed by atoms with Gasteiger partial charge in [-0.15, -0.1) is 0 Å². The SMILES string of the molecule is CC(C)[C@H](NC(=O)c1ccccc1)C(=O)N(CC(=O)N[C@H](C=O)CC(=O)O)Cc1cccc(N=C(N)N)c1. The molecular weight excluding hydrogens is 492 g/mol. The largest absolute Gasteiger partial charge is 0.481 e. The van der Waals surface area contributed by atoms with Gasteiger partial charge in [-0.3, -0.25) is 19.2 Å². The van der Waals surface area contributed by atoms with Gasteiger partial charge in [0.2, 0.25) is 11.8 Å². The molecule has 0 aliphatic rings. The molecule has 0 fully saturated rings. The van der Waals surface area contributed by atoms with Crippen LogP contribution in [0.3, 0.4) is 0 Å². The number of rotatable bonds is 13. The molecule has 2 aromatic carbocycles. The first-order valence-electron chi connectivity index (χ1n) is 11.8. The molecule has 3 amide bonds. The average molecular weight is 525 g/mol. The van der Waals surface area contributed by atoms with Crippen LogP contribution in [0.4, 0.5) is 5.69 Å². The molecule has 0 aliphatic heterocycles. The summed E-state index contributed by atoms with van der Waals surface area (Å²) >= 11 is 0. The molecule has 0 unspecified atom stereocenters. The summed E-state index contributed by atoms with van der Waals surface area (Å²) in [5, 5.41) is 14.0. The first kappa shape index (κ1) is 29.5. The summed E-state index contributed by atoms with van der Waals surface area (Å²) in [4.78, 5) is 66.6. The maximum atomic E-state index is 13.7. The second kappa shape index (κ2) is 14.1. The van der Waals surface area contributed by atoms with Crippen LogP contribution >= 0.6 is 0 Å². The number of carbonyl (C=O) groups is 5. The number of aliphatic carboxylic acids is 1. The molecule has 7 N–H and O–H groups in total. The van der Waals surface area contributed by atoms with Gasteiger partial charge in [0.15, 0.2) is 5.96 Å². The third-order valence-electron chi connectivity index (χ3n) is 5.35. The van der Waals surface area contributed by atoms with Crippen LogP contribution in [0.5, 0.6) is 0 Å². The van der Waals surface area contributed by atoms with Crippen molar-refractivity contribution in [1.82, 2.24) is 15.5 Å². The number of amides is 3. The van der Waals surface area contributed by atoms with Gasteiger partial charge in [0.05, 0.1) is 24.7 Å². The molecule has 38 heavy (non-hydrogen) atoms. The Kier molecular flexibility index (Phi) is 11.0. The van der Waals surface area contributed by atoms with Gasteiger partial charge in [0.1, 0.15) is 12.3 Å². The Hall–Kier alpha value is -4.74. The minimum atomic E-state index is -1.27. The highest BCUT2D eigenvalue weighted by atomic mass is 16.4. The molecule has 202 valence electrons. The van der Waals surface area contributed by atoms with Gasteiger partial charge in [-0.05, 0) is 35.7 Å². The number of aldehydes is 1. The lowest BCUT2D eigenvalue weighted by Crippen LogP contribution is -2.53. The topological polar surface area (TPSA) is 197 Å². The monoisotopic (exact) mass is 524 g/mol. The molecule has 12 heteroatoms. The van der Waals surface area contributed by atoms with Gasteiger partial charge in [-0.1, -0.05) is 44.2 Å². The molecule has 12 nitrogen and oxygen atoms in total. The number of guanidine groups is 1. The molecule has 0 aromatic heterocycles. The second-order valence-corrected chi connectivity index (χ2v) is 8.87. The van der Waals surface area contributed by atoms with Crippen molar-refractivity contribution in [1.29, 1.82) is 0 Å². The number of carbonyl (C=O) groups excluding carboxylic acids is 4. The lowest BCUT2D eigenvalue weighted by Gasteiger charge is -2.30. The van der Waals surface area contributed by atoms with Crippen molar-refractivity contribution in [3.8, 4) is 0 Å². The number of carboxylic acid groups (broad SMARTS) is 1. The fourth-order valence-electron chi connectivity index (χ4n) is 3.58. The summed E-state index contributed by atoms with van der Waals surface area (Å²) < 4.78 is 0. The van der Waals surface area contributed by atoms with Gasteiger partial charge >= 0.3 is 5.97 Å². The van der Waals surface area contributed by atoms with Crippen LogP contribution in [-0.2, 0) is 25.7 Å². The highest BCUT2D eigenvalue weighted by Crippen LogP contribution is 2.17. The zero-order valence-corrected chi connectivity index (χ0v) is 21.2. The average Bonchev–Trinajstić information content (AvgIpc) is 2.85. The highest BCUT2D eigenvalue weighted by molar-refractivity contribution is 5.98. The van der Waals surface area contributed by atoms with Crippen LogP contribution in [0, 0.1) is 5.92 Å². The minimum absolute atomic E-state index is 0.0603. The fourth-order valence-corrected chi connectivity index (χ4v) is 3.58. The molecule has 0 bridgehead atoms. The molecule has 2 rings (SSSR count). The van der Waals surface area contributed by atoms with E-state index in [-0.39, 0.29) is 18.4 Å². The predicted molar refractivity (Wildman–Crippen MR) is 140 cm³/mol. The van der Waals surface area contributed by atoms with E-state index in [9.17, 15) is 24.0 Å². The molecule has 0 aliphatic carbocycles. The lowest BCUT2D eigenvalue weighted by molar-refractivity contribution is -0.141. The standard InChI is InChI=1S/C26H32N6O6/c1-16(2)23(31-24(37)18-8-4-3-5-9-18)25(38)32(14-21(34)29-20(15-33)12-22(35)36)13-17-7-6-10-19(11-17)30-26(27)28/h3-11,15-16,20,23H,12-14H2,1-2H3,(H,29,34)(H,31,37)(H,35,36)(H4,27,28,30)/t20-,23-/m0/s1. The van der Waals surface area contributed by atoms with Crippen molar-refractivity contribution >= 4 is 41.6 Å². The van der Waals surface area contributed by atoms with E-state index in [1.54, 1.807) is 68.4 Å². The highest BCUT2D eigenvalue weighted by Gasteiger charge is 2.31. The van der Waals surface area contributed by atoms with Crippen LogP contribution in [0.15, 0.2) is 59.6 Å². The normalized spacial score (nSPS) is 12.1. The van der Waals surface area contributed by atoms with Crippen LogP contribution < -0.4 is 22.1 Å². The van der Waals surface area contributed by atoms with E-state index >= 15 is 0 Å². The Labute approximate surface area is 220 Å². The maximum Gasteiger partial charge on any atom is 0.305 e. The van der Waals surface area contributed by atoms with E-state index in [4.69, 9.17) is 16.6 Å². The van der Waals surface area contributed by atoms with Gasteiger partial charge in [-0.25, -0.2) is 4.99 Å². The van der Waals surface area contributed by atoms with Gasteiger partial charge in [0.25, 0.3) is 5.91 Å². The number of benzene rings is 2. The summed E-state index contributed by atoms with van der Waals surface area (Å²) in [7, 11) is 0. The van der Waals surface area contributed by atoms with Crippen LogP contribution in [0.25, 0.3) is 0 Å². The number of hydrogen-bond donors (Lipinski definition) is 5. The molecule has 0 saturated heterocycles. The molecule has 0 spiro atoms. The summed E-state index contributed by atoms with van der Waals surface area (Å²) in [6.45, 7) is 2.94. The second-order valence-electron chi connectivity index (χ2n) is 8.87. The van der Waals surface area contributed by atoms with E-state index < -0.39 is 48.7 Å². The van der Waals surface area contributed by atoms with Crippen molar-refractivity contribution in [2.24, 2.45) is 22.4 Å². The Morgan fingerprint density at radius 2 is 1.71 bits per heavy atom. The molecule has 2 atom stereocenters. The smallest absolute Gasteiger partial charge is 0.305 e. The number of carboxylic acids is 1. The van der Waals surface area contributed by atoms with Gasteiger partial charge < -0.3 is 36.9 Å². The van der Waals surface area contributed by atoms with E-state index in [2.05, 4.69) is 15.6 Å². The van der Waals surface area contributed by atoms with Crippen molar-refractivity contribution in [2.45, 2.75) is 38.9 Å². The summed E-state index contributed by atoms with van der Waals surface area (Å²) in [5.41, 5.74) is 12.3. The lowest BCUT2D eigenvalue weighted by atomic mass is 10.0. The molecule has 0 heterocycles. The van der Waals surface area contributed by atoms with Crippen molar-refractivity contribution in [3.05, 3.63) is 65.7 Å². The van der Waals surface area contributed by atoms with Crippen LogP contribution in [0.1, 0.15) is 36.2 Å². The predicted octanol–water partition coefficient (Wildman–Crippen LogP) is 0.533. The maximum absolute atomic E-state index is 13.7. The Morgan fingerprint density at radius 3 is 2.29 bits per heavy atom. The zero-order valence-electron chi connectivity index (χ0n) is 21.2. The fraction of sp³-hybridized carbons (Fsp3) is 0.308. The molecule has 2 aromatic rings. The quantitative estimate of drug-likeness (QED) is 0.142. The van der Waals surface area contributed by atoms with Gasteiger partial charge in [0, 0.05) is 12.1 Å². The first-order valence-corrected chi connectivity index (χ1v) is 11.8. The molecular formula is C26H32N6O6. The zero-order chi connectivity index (χ0) is 28.2.